The van der Waals surface area contributed by atoms with Gasteiger partial charge in [0.05, 0.1) is 5.84 Å². The van der Waals surface area contributed by atoms with Crippen molar-refractivity contribution >= 4 is 29.7 Å². The number of amides is 1. The summed E-state index contributed by atoms with van der Waals surface area (Å²) in [6.07, 6.45) is 0.330. The van der Waals surface area contributed by atoms with Gasteiger partial charge in [-0.2, -0.15) is 0 Å². The zero-order chi connectivity index (χ0) is 31.6. The molecule has 1 aliphatic carbocycles. The van der Waals surface area contributed by atoms with Crippen molar-refractivity contribution in [3.63, 3.8) is 0 Å². The minimum absolute atomic E-state index is 0.0596. The zero-order valence-electron chi connectivity index (χ0n) is 25.6. The highest BCUT2D eigenvalue weighted by Gasteiger charge is 2.31. The summed E-state index contributed by atoms with van der Waals surface area (Å²) in [6, 6.07) is 14.7. The van der Waals surface area contributed by atoms with Crippen molar-refractivity contribution < 1.29 is 28.7 Å². The Labute approximate surface area is 253 Å². The van der Waals surface area contributed by atoms with Crippen LogP contribution in [0.4, 0.5) is 4.79 Å². The van der Waals surface area contributed by atoms with Crippen molar-refractivity contribution in [1.82, 2.24) is 5.32 Å². The highest BCUT2D eigenvalue weighted by molar-refractivity contribution is 5.85. The number of carbonyl (C=O) groups excluding carboxylic acids is 3. The molecule has 0 aliphatic heterocycles. The lowest BCUT2D eigenvalue weighted by Gasteiger charge is -2.21. The molecule has 11 nitrogen and oxygen atoms in total. The second-order valence-corrected chi connectivity index (χ2v) is 11.6. The maximum Gasteiger partial charge on any atom is 0.407 e. The maximum atomic E-state index is 13.0. The lowest BCUT2D eigenvalue weighted by molar-refractivity contribution is -0.155. The van der Waals surface area contributed by atoms with Crippen LogP contribution in [0.15, 0.2) is 58.7 Å². The van der Waals surface area contributed by atoms with Crippen LogP contribution in [0.2, 0.25) is 0 Å². The molecule has 0 unspecified atom stereocenters. The molecule has 0 heterocycles. The molecule has 0 fully saturated rings. The normalized spacial score (nSPS) is 14.7. The smallest absolute Gasteiger partial charge is 0.407 e. The number of aliphatic imine (C=N–C) groups is 1. The predicted octanol–water partition coefficient (Wildman–Crippen LogP) is 4.62. The highest BCUT2D eigenvalue weighted by atomic mass is 16.7. The molecule has 0 aromatic heterocycles. The lowest BCUT2D eigenvalue weighted by atomic mass is 9.98. The summed E-state index contributed by atoms with van der Waals surface area (Å²) in [5.74, 6) is -1.12. The van der Waals surface area contributed by atoms with Crippen molar-refractivity contribution in [2.45, 2.75) is 77.9 Å². The number of carbonyl (C=O) groups is 3. The summed E-state index contributed by atoms with van der Waals surface area (Å²) in [5.41, 5.74) is 15.2. The number of hydrogen-bond acceptors (Lipinski definition) is 8. The van der Waals surface area contributed by atoms with E-state index < -0.39 is 29.7 Å². The van der Waals surface area contributed by atoms with Gasteiger partial charge in [0.25, 0.3) is 0 Å². The third kappa shape index (κ3) is 10.1. The molecule has 2 atom stereocenters. The Hall–Kier alpha value is -4.41. The number of nitrogens with two attached hydrogens (primary N) is 2. The Morgan fingerprint density at radius 3 is 2.16 bits per heavy atom. The van der Waals surface area contributed by atoms with E-state index >= 15 is 0 Å². The van der Waals surface area contributed by atoms with Gasteiger partial charge in [0, 0.05) is 24.8 Å². The van der Waals surface area contributed by atoms with E-state index in [9.17, 15) is 14.4 Å². The van der Waals surface area contributed by atoms with Gasteiger partial charge in [-0.3, -0.25) is 9.79 Å². The number of benzene rings is 2. The summed E-state index contributed by atoms with van der Waals surface area (Å²) in [5, 5.41) is 6.32. The highest BCUT2D eigenvalue weighted by Crippen LogP contribution is 2.44. The fourth-order valence-corrected chi connectivity index (χ4v) is 4.74. The van der Waals surface area contributed by atoms with Gasteiger partial charge in [-0.1, -0.05) is 60.6 Å². The van der Waals surface area contributed by atoms with Gasteiger partial charge in [-0.25, -0.2) is 9.59 Å². The summed E-state index contributed by atoms with van der Waals surface area (Å²) >= 11 is 0. The van der Waals surface area contributed by atoms with Crippen LogP contribution in [-0.4, -0.2) is 54.5 Å². The van der Waals surface area contributed by atoms with Crippen LogP contribution in [0.5, 0.6) is 0 Å². The van der Waals surface area contributed by atoms with Crippen molar-refractivity contribution in [2.75, 3.05) is 13.2 Å². The van der Waals surface area contributed by atoms with E-state index in [4.69, 9.17) is 25.8 Å². The fourth-order valence-electron chi connectivity index (χ4n) is 4.74. The second kappa shape index (κ2) is 15.2. The Bertz CT molecular complexity index is 1300. The van der Waals surface area contributed by atoms with E-state index in [0.717, 1.165) is 28.7 Å². The van der Waals surface area contributed by atoms with E-state index in [2.05, 4.69) is 15.5 Å². The first-order valence-corrected chi connectivity index (χ1v) is 14.5. The molecule has 0 bridgehead atoms. The van der Waals surface area contributed by atoms with E-state index in [1.54, 1.807) is 27.7 Å². The second-order valence-electron chi connectivity index (χ2n) is 11.6. The number of nitrogens with zero attached hydrogens (tertiary/aromatic N) is 2. The molecule has 0 saturated carbocycles. The average Bonchev–Trinajstić information content (AvgIpc) is 3.27. The molecule has 2 aromatic carbocycles. The number of oxime groups is 1. The predicted molar refractivity (Wildman–Crippen MR) is 165 cm³/mol. The van der Waals surface area contributed by atoms with Gasteiger partial charge in [0.1, 0.15) is 24.1 Å². The SMILES string of the molecule is CC(N)=NCCC[C@H](C)/C(N)=N/OC(=O)[C@H](CCC(=O)OC(C)(C)C)NC(=O)OCC1c2ccccc2-c2ccccc21. The molecule has 43 heavy (non-hydrogen) atoms. The lowest BCUT2D eigenvalue weighted by Crippen LogP contribution is -2.42. The first kappa shape index (κ1) is 33.1. The number of fused-ring (bicyclic) bond motifs is 3. The monoisotopic (exact) mass is 593 g/mol. The number of rotatable bonds is 13. The Morgan fingerprint density at radius 2 is 1.58 bits per heavy atom. The molecule has 0 spiro atoms. The molecule has 232 valence electrons. The van der Waals surface area contributed by atoms with Crippen molar-refractivity contribution in [2.24, 2.45) is 27.5 Å². The molecular weight excluding hydrogens is 550 g/mol. The van der Waals surface area contributed by atoms with Crippen molar-refractivity contribution in [3.8, 4) is 11.1 Å². The molecule has 5 N–H and O–H groups in total. The molecule has 0 saturated heterocycles. The summed E-state index contributed by atoms with van der Waals surface area (Å²) < 4.78 is 10.9. The molecule has 2 aromatic rings. The number of nitrogens with one attached hydrogen (secondary N) is 1. The largest absolute Gasteiger partial charge is 0.460 e. The summed E-state index contributed by atoms with van der Waals surface area (Å²) in [6.45, 7) is 9.41. The molecule has 1 amide bonds. The average molecular weight is 594 g/mol. The van der Waals surface area contributed by atoms with Gasteiger partial charge >= 0.3 is 18.0 Å². The molecule has 11 heteroatoms. The molecule has 1 aliphatic rings. The third-order valence-corrected chi connectivity index (χ3v) is 6.88. The van der Waals surface area contributed by atoms with E-state index in [1.807, 2.05) is 55.5 Å². The fraction of sp³-hybridized carbons (Fsp3) is 0.469. The van der Waals surface area contributed by atoms with Gasteiger partial charge in [-0.15, -0.1) is 0 Å². The van der Waals surface area contributed by atoms with Crippen LogP contribution < -0.4 is 16.8 Å². The van der Waals surface area contributed by atoms with Gasteiger partial charge in [-0.05, 0) is 69.2 Å². The Morgan fingerprint density at radius 1 is 0.977 bits per heavy atom. The van der Waals surface area contributed by atoms with Gasteiger partial charge in [0.2, 0.25) is 0 Å². The van der Waals surface area contributed by atoms with Gasteiger partial charge in [0.15, 0.2) is 0 Å². The number of ether oxygens (including phenoxy) is 2. The first-order valence-electron chi connectivity index (χ1n) is 14.5. The number of esters is 1. The van der Waals surface area contributed by atoms with Crippen LogP contribution in [0, 0.1) is 5.92 Å². The molecule has 3 rings (SSSR count). The van der Waals surface area contributed by atoms with Crippen LogP contribution in [-0.2, 0) is 23.9 Å². The van der Waals surface area contributed by atoms with Crippen LogP contribution in [0.25, 0.3) is 11.1 Å². The minimum atomic E-state index is -1.23. The van der Waals surface area contributed by atoms with E-state index in [0.29, 0.717) is 18.8 Å². The number of amidine groups is 2. The van der Waals surface area contributed by atoms with E-state index in [-0.39, 0.29) is 37.1 Å². The van der Waals surface area contributed by atoms with Crippen molar-refractivity contribution in [1.29, 1.82) is 0 Å². The van der Waals surface area contributed by atoms with Crippen molar-refractivity contribution in [3.05, 3.63) is 59.7 Å². The Balaban J connectivity index is 1.64. The zero-order valence-corrected chi connectivity index (χ0v) is 25.6. The number of hydrogen-bond donors (Lipinski definition) is 3. The first-order chi connectivity index (χ1) is 20.4. The number of alkyl carbamates (subject to hydrolysis) is 1. The summed E-state index contributed by atoms with van der Waals surface area (Å²) in [7, 11) is 0. The quantitative estimate of drug-likeness (QED) is 0.0755. The van der Waals surface area contributed by atoms with Crippen LogP contribution in [0.1, 0.15) is 77.3 Å². The minimum Gasteiger partial charge on any atom is -0.460 e. The molecular formula is C32H43N5O6. The van der Waals surface area contributed by atoms with E-state index in [1.165, 1.54) is 0 Å². The third-order valence-electron chi connectivity index (χ3n) is 6.88. The maximum absolute atomic E-state index is 13.0. The summed E-state index contributed by atoms with van der Waals surface area (Å²) in [4.78, 5) is 47.5. The molecule has 0 radical (unpaired) electrons. The Kier molecular flexibility index (Phi) is 11.7. The topological polar surface area (TPSA) is 168 Å². The standard InChI is InChI=1S/C32H43N5O6/c1-20(11-10-18-35-21(2)33)29(34)37-43-30(39)27(16-17-28(38)42-32(3,4)5)36-31(40)41-19-26-24-14-8-6-12-22(24)23-13-7-9-15-25(23)26/h6-9,12-15,20,26-27H,10-11,16-19H2,1-5H3,(H2,33,35)(H2,34,37)(H,36,40)/t20-,27-/m0/s1. The van der Waals surface area contributed by atoms with Gasteiger partial charge < -0.3 is 31.1 Å². The van der Waals surface area contributed by atoms with Crippen LogP contribution >= 0.6 is 0 Å². The van der Waals surface area contributed by atoms with Crippen LogP contribution in [0.3, 0.4) is 0 Å².